The lowest BCUT2D eigenvalue weighted by molar-refractivity contribution is 0.164. The molecule has 20 heavy (non-hydrogen) atoms. The van der Waals surface area contributed by atoms with Crippen LogP contribution in [0.15, 0.2) is 34.9 Å². The number of aliphatic hydroxyl groups excluding tert-OH is 1. The number of rotatable bonds is 7. The largest absolute Gasteiger partial charge is 0.388 e. The molecule has 1 N–H and O–H groups in total. The molecule has 5 heteroatoms. The van der Waals surface area contributed by atoms with Gasteiger partial charge in [-0.25, -0.2) is 0 Å². The molecular formula is C15H20N2O2S. The van der Waals surface area contributed by atoms with Gasteiger partial charge in [0.1, 0.15) is 0 Å². The summed E-state index contributed by atoms with van der Waals surface area (Å²) in [6.07, 6.45) is -0.251. The van der Waals surface area contributed by atoms with Gasteiger partial charge in [0.05, 0.1) is 18.3 Å². The highest BCUT2D eigenvalue weighted by molar-refractivity contribution is 7.98. The Balaban J connectivity index is 1.86. The number of hydrogen-bond acceptors (Lipinski definition) is 5. The van der Waals surface area contributed by atoms with Crippen molar-refractivity contribution in [3.63, 3.8) is 0 Å². The Labute approximate surface area is 123 Å². The predicted molar refractivity (Wildman–Crippen MR) is 80.4 cm³/mol. The summed E-state index contributed by atoms with van der Waals surface area (Å²) < 4.78 is 5.18. The smallest absolute Gasteiger partial charge is 0.229 e. The van der Waals surface area contributed by atoms with Gasteiger partial charge in [-0.05, 0) is 17.2 Å². The molecule has 0 bridgehead atoms. The first-order chi connectivity index (χ1) is 9.65. The Bertz CT molecular complexity index is 514. The quantitative estimate of drug-likeness (QED) is 0.849. The second-order valence-corrected chi connectivity index (χ2v) is 6.17. The van der Waals surface area contributed by atoms with Crippen molar-refractivity contribution in [3.8, 4) is 0 Å². The van der Waals surface area contributed by atoms with E-state index in [1.54, 1.807) is 11.8 Å². The van der Waals surface area contributed by atoms with E-state index < -0.39 is 6.10 Å². The van der Waals surface area contributed by atoms with Crippen molar-refractivity contribution < 1.29 is 9.63 Å². The highest BCUT2D eigenvalue weighted by atomic mass is 32.2. The summed E-state index contributed by atoms with van der Waals surface area (Å²) in [5.41, 5.74) is 0.862. The fourth-order valence-electron chi connectivity index (χ4n) is 1.78. The Hall–Kier alpha value is -1.33. The highest BCUT2D eigenvalue weighted by Gasteiger charge is 2.13. The lowest BCUT2D eigenvalue weighted by Crippen LogP contribution is -2.02. The molecule has 0 aliphatic carbocycles. The number of nitrogens with zero attached hydrogens (tertiary/aromatic N) is 2. The molecule has 1 aromatic carbocycles. The van der Waals surface area contributed by atoms with E-state index in [1.165, 1.54) is 0 Å². The Kier molecular flexibility index (Phi) is 5.61. The molecule has 1 heterocycles. The average Bonchev–Trinajstić information content (AvgIpc) is 2.87. The number of thioether (sulfide) groups is 1. The molecule has 0 saturated heterocycles. The van der Waals surface area contributed by atoms with E-state index in [-0.39, 0.29) is 0 Å². The van der Waals surface area contributed by atoms with Crippen LogP contribution in [0.5, 0.6) is 0 Å². The van der Waals surface area contributed by atoms with Gasteiger partial charge in [0.2, 0.25) is 5.89 Å². The predicted octanol–water partition coefficient (Wildman–Crippen LogP) is 3.23. The summed E-state index contributed by atoms with van der Waals surface area (Å²) in [6.45, 7) is 4.37. The molecule has 1 atom stereocenters. The molecule has 0 aliphatic rings. The van der Waals surface area contributed by atoms with Crippen LogP contribution in [0.3, 0.4) is 0 Å². The summed E-state index contributed by atoms with van der Waals surface area (Å²) in [6, 6.07) is 9.51. The second-order valence-electron chi connectivity index (χ2n) is 5.14. The topological polar surface area (TPSA) is 59.2 Å². The summed E-state index contributed by atoms with van der Waals surface area (Å²) in [5.74, 6) is 3.68. The number of aromatic nitrogens is 2. The minimum Gasteiger partial charge on any atom is -0.388 e. The van der Waals surface area contributed by atoms with Gasteiger partial charge in [0.25, 0.3) is 0 Å². The molecule has 0 amide bonds. The van der Waals surface area contributed by atoms with Gasteiger partial charge >= 0.3 is 0 Å². The van der Waals surface area contributed by atoms with Gasteiger partial charge in [-0.15, -0.1) is 0 Å². The van der Waals surface area contributed by atoms with E-state index >= 15 is 0 Å². The molecule has 1 unspecified atom stereocenters. The van der Waals surface area contributed by atoms with Crippen LogP contribution in [0.25, 0.3) is 0 Å². The number of hydrogen-bond donors (Lipinski definition) is 1. The Morgan fingerprint density at radius 3 is 2.70 bits per heavy atom. The summed E-state index contributed by atoms with van der Waals surface area (Å²) in [7, 11) is 0. The van der Waals surface area contributed by atoms with Crippen LogP contribution < -0.4 is 0 Å². The van der Waals surface area contributed by atoms with Gasteiger partial charge in [0.15, 0.2) is 5.82 Å². The maximum absolute atomic E-state index is 10.1. The lowest BCUT2D eigenvalue weighted by Gasteiger charge is -2.07. The summed E-state index contributed by atoms with van der Waals surface area (Å²) >= 11 is 1.80. The molecule has 0 saturated carbocycles. The molecule has 0 spiro atoms. The van der Waals surface area contributed by atoms with Crippen LogP contribution in [0, 0.1) is 5.92 Å². The molecule has 2 rings (SSSR count). The van der Waals surface area contributed by atoms with Crippen LogP contribution in [0.4, 0.5) is 0 Å². The first kappa shape index (κ1) is 15.1. The van der Waals surface area contributed by atoms with E-state index in [0.29, 0.717) is 24.1 Å². The first-order valence-corrected chi connectivity index (χ1v) is 7.93. The van der Waals surface area contributed by atoms with Gasteiger partial charge in [-0.3, -0.25) is 0 Å². The van der Waals surface area contributed by atoms with Crippen LogP contribution in [0.1, 0.15) is 37.2 Å². The third kappa shape index (κ3) is 4.65. The standard InChI is InChI=1S/C15H20N2O2S/c1-11(2)9-20-10-14-16-15(19-17-14)8-13(18)12-6-4-3-5-7-12/h3-7,11,13,18H,8-10H2,1-2H3. The molecule has 0 radical (unpaired) electrons. The van der Waals surface area contributed by atoms with Crippen LogP contribution in [-0.4, -0.2) is 21.0 Å². The van der Waals surface area contributed by atoms with Crippen molar-refractivity contribution in [3.05, 3.63) is 47.6 Å². The van der Waals surface area contributed by atoms with Crippen molar-refractivity contribution in [1.82, 2.24) is 10.1 Å². The van der Waals surface area contributed by atoms with Gasteiger partial charge in [-0.2, -0.15) is 16.7 Å². The highest BCUT2D eigenvalue weighted by Crippen LogP contribution is 2.18. The molecule has 2 aromatic rings. The van der Waals surface area contributed by atoms with Crippen molar-refractivity contribution in [2.45, 2.75) is 32.1 Å². The van der Waals surface area contributed by atoms with Crippen LogP contribution in [0.2, 0.25) is 0 Å². The molecule has 0 fully saturated rings. The fraction of sp³-hybridized carbons (Fsp3) is 0.467. The molecular weight excluding hydrogens is 272 g/mol. The van der Waals surface area contributed by atoms with Crippen molar-refractivity contribution in [1.29, 1.82) is 0 Å². The van der Waals surface area contributed by atoms with E-state index in [0.717, 1.165) is 17.1 Å². The average molecular weight is 292 g/mol. The minimum atomic E-state index is -0.604. The molecule has 108 valence electrons. The first-order valence-electron chi connectivity index (χ1n) is 6.77. The third-order valence-electron chi connectivity index (χ3n) is 2.74. The van der Waals surface area contributed by atoms with E-state index in [4.69, 9.17) is 4.52 Å². The van der Waals surface area contributed by atoms with E-state index in [9.17, 15) is 5.11 Å². The maximum Gasteiger partial charge on any atom is 0.229 e. The second kappa shape index (κ2) is 7.45. The molecule has 4 nitrogen and oxygen atoms in total. The van der Waals surface area contributed by atoms with Crippen molar-refractivity contribution >= 4 is 11.8 Å². The zero-order valence-electron chi connectivity index (χ0n) is 11.8. The Morgan fingerprint density at radius 1 is 1.25 bits per heavy atom. The maximum atomic E-state index is 10.1. The van der Waals surface area contributed by atoms with Crippen molar-refractivity contribution in [2.75, 3.05) is 5.75 Å². The SMILES string of the molecule is CC(C)CSCc1noc(CC(O)c2ccccc2)n1. The normalized spacial score (nSPS) is 12.8. The van der Waals surface area contributed by atoms with Gasteiger partial charge in [0, 0.05) is 0 Å². The zero-order chi connectivity index (χ0) is 14.4. The summed E-state index contributed by atoms with van der Waals surface area (Å²) in [4.78, 5) is 4.31. The van der Waals surface area contributed by atoms with Crippen molar-refractivity contribution in [2.24, 2.45) is 5.92 Å². The van der Waals surface area contributed by atoms with Gasteiger partial charge in [-0.1, -0.05) is 49.3 Å². The van der Waals surface area contributed by atoms with Crippen LogP contribution in [-0.2, 0) is 12.2 Å². The minimum absolute atomic E-state index is 0.353. The zero-order valence-corrected chi connectivity index (χ0v) is 12.6. The molecule has 0 aliphatic heterocycles. The van der Waals surface area contributed by atoms with Gasteiger partial charge < -0.3 is 9.63 Å². The van der Waals surface area contributed by atoms with E-state index in [1.807, 2.05) is 30.3 Å². The third-order valence-corrected chi connectivity index (χ3v) is 4.11. The summed E-state index contributed by atoms with van der Waals surface area (Å²) in [5, 5.41) is 14.0. The Morgan fingerprint density at radius 2 is 2.00 bits per heavy atom. The fourth-order valence-corrected chi connectivity index (χ4v) is 2.67. The van der Waals surface area contributed by atoms with E-state index in [2.05, 4.69) is 24.0 Å². The van der Waals surface area contributed by atoms with Crippen LogP contribution >= 0.6 is 11.8 Å². The number of benzene rings is 1. The molecule has 1 aromatic heterocycles. The monoisotopic (exact) mass is 292 g/mol. The lowest BCUT2D eigenvalue weighted by atomic mass is 10.1. The number of aliphatic hydroxyl groups is 1.